The Kier molecular flexibility index (Phi) is 7.57. The minimum absolute atomic E-state index is 0.0806. The number of carbonyl (C=O) groups excluding carboxylic acids is 2. The number of halogens is 1. The van der Waals surface area contributed by atoms with E-state index >= 15 is 0 Å². The van der Waals surface area contributed by atoms with E-state index in [0.29, 0.717) is 16.8 Å². The first-order chi connectivity index (χ1) is 15.6. The van der Waals surface area contributed by atoms with E-state index < -0.39 is 26.3 Å². The van der Waals surface area contributed by atoms with Crippen molar-refractivity contribution in [3.63, 3.8) is 0 Å². The van der Waals surface area contributed by atoms with E-state index in [0.717, 1.165) is 18.0 Å². The quantitative estimate of drug-likeness (QED) is 0.283. The summed E-state index contributed by atoms with van der Waals surface area (Å²) in [5.41, 5.74) is 0.651. The molecule has 9 nitrogen and oxygen atoms in total. The van der Waals surface area contributed by atoms with Crippen molar-refractivity contribution in [2.45, 2.75) is 21.9 Å². The molecule has 0 aliphatic rings. The zero-order valence-corrected chi connectivity index (χ0v) is 19.8. The van der Waals surface area contributed by atoms with E-state index in [1.165, 1.54) is 31.4 Å². The molecule has 33 heavy (non-hydrogen) atoms. The van der Waals surface area contributed by atoms with Gasteiger partial charge in [-0.2, -0.15) is 0 Å². The minimum Gasteiger partial charge on any atom is -0.465 e. The number of carbonyl (C=O) groups is 2. The molecule has 0 aliphatic heterocycles. The Morgan fingerprint density at radius 1 is 1.18 bits per heavy atom. The van der Waals surface area contributed by atoms with Crippen LogP contribution in [0.25, 0.3) is 0 Å². The van der Waals surface area contributed by atoms with Crippen LogP contribution in [0.2, 0.25) is 5.02 Å². The highest BCUT2D eigenvalue weighted by atomic mass is 35.5. The van der Waals surface area contributed by atoms with E-state index in [9.17, 15) is 22.8 Å². The van der Waals surface area contributed by atoms with Gasteiger partial charge < -0.3 is 15.0 Å². The molecule has 0 fully saturated rings. The largest absolute Gasteiger partial charge is 0.465 e. The molecule has 1 amide bonds. The van der Waals surface area contributed by atoms with Gasteiger partial charge in [-0.3, -0.25) is 9.59 Å². The number of aromatic amines is 1. The number of ether oxygens (including phenoxy) is 1. The smallest absolute Gasteiger partial charge is 0.337 e. The Bertz CT molecular complexity index is 1370. The molecule has 0 saturated carbocycles. The van der Waals surface area contributed by atoms with Crippen molar-refractivity contribution in [2.75, 3.05) is 18.2 Å². The fourth-order valence-corrected chi connectivity index (χ4v) is 4.78. The molecule has 172 valence electrons. The van der Waals surface area contributed by atoms with E-state index in [-0.39, 0.29) is 26.7 Å². The highest BCUT2D eigenvalue weighted by molar-refractivity contribution is 7.99. The maximum Gasteiger partial charge on any atom is 0.337 e. The van der Waals surface area contributed by atoms with Crippen LogP contribution in [0.1, 0.15) is 15.9 Å². The first-order valence-electron chi connectivity index (χ1n) is 9.33. The number of sulfone groups is 1. The van der Waals surface area contributed by atoms with Crippen molar-refractivity contribution < 1.29 is 22.7 Å². The number of amides is 1. The van der Waals surface area contributed by atoms with E-state index in [4.69, 9.17) is 11.6 Å². The molecule has 12 heteroatoms. The Morgan fingerprint density at radius 2 is 1.88 bits per heavy atom. The summed E-state index contributed by atoms with van der Waals surface area (Å²) in [6.45, 7) is 1.73. The maximum absolute atomic E-state index is 12.8. The maximum atomic E-state index is 12.8. The summed E-state index contributed by atoms with van der Waals surface area (Å²) in [5.74, 6) is -0.977. The number of rotatable bonds is 7. The van der Waals surface area contributed by atoms with Crippen molar-refractivity contribution in [1.82, 2.24) is 9.97 Å². The molecule has 2 aromatic carbocycles. The van der Waals surface area contributed by atoms with Crippen LogP contribution < -0.4 is 10.9 Å². The molecule has 0 saturated heterocycles. The van der Waals surface area contributed by atoms with Crippen LogP contribution in [0.4, 0.5) is 5.69 Å². The van der Waals surface area contributed by atoms with Gasteiger partial charge in [0.05, 0.1) is 29.5 Å². The molecule has 0 unspecified atom stereocenters. The normalized spacial score (nSPS) is 11.1. The lowest BCUT2D eigenvalue weighted by molar-refractivity contribution is -0.113. The average Bonchev–Trinajstić information content (AvgIpc) is 2.79. The first-order valence-corrected chi connectivity index (χ1v) is 12.2. The lowest BCUT2D eigenvalue weighted by atomic mass is 10.2. The lowest BCUT2D eigenvalue weighted by Gasteiger charge is -2.07. The molecule has 1 heterocycles. The van der Waals surface area contributed by atoms with Crippen LogP contribution in [0.5, 0.6) is 0 Å². The third-order valence-corrected chi connectivity index (χ3v) is 7.46. The number of anilines is 1. The van der Waals surface area contributed by atoms with Gasteiger partial charge in [0.15, 0.2) is 10.1 Å². The van der Waals surface area contributed by atoms with Gasteiger partial charge in [-0.25, -0.2) is 18.2 Å². The summed E-state index contributed by atoms with van der Waals surface area (Å²) < 4.78 is 30.1. The molecular weight excluding hydrogens is 490 g/mol. The fourth-order valence-electron chi connectivity index (χ4n) is 2.64. The highest BCUT2D eigenvalue weighted by Gasteiger charge is 2.23. The van der Waals surface area contributed by atoms with Gasteiger partial charge in [0.1, 0.15) is 0 Å². The van der Waals surface area contributed by atoms with Crippen LogP contribution >= 0.6 is 23.4 Å². The SMILES string of the molecule is COC(=O)c1ccc(NC(=O)CSc2ncc(S(=O)(=O)c3ccc(C)c(Cl)c3)c(=O)[nH]2)cc1. The van der Waals surface area contributed by atoms with Crippen molar-refractivity contribution in [2.24, 2.45) is 0 Å². The summed E-state index contributed by atoms with van der Waals surface area (Å²) in [5, 5.41) is 2.98. The summed E-state index contributed by atoms with van der Waals surface area (Å²) in [6, 6.07) is 10.3. The number of aromatic nitrogens is 2. The molecule has 0 aliphatic carbocycles. The summed E-state index contributed by atoms with van der Waals surface area (Å²) in [7, 11) is -2.85. The highest BCUT2D eigenvalue weighted by Crippen LogP contribution is 2.24. The summed E-state index contributed by atoms with van der Waals surface area (Å²) in [4.78, 5) is 41.7. The third kappa shape index (κ3) is 5.81. The van der Waals surface area contributed by atoms with Crippen LogP contribution in [-0.4, -0.2) is 43.1 Å². The van der Waals surface area contributed by atoms with E-state index in [1.807, 2.05) is 0 Å². The number of methoxy groups -OCH3 is 1. The summed E-state index contributed by atoms with van der Waals surface area (Å²) >= 11 is 6.93. The number of nitrogens with one attached hydrogen (secondary N) is 2. The number of thioether (sulfide) groups is 1. The predicted octanol–water partition coefficient (Wildman–Crippen LogP) is 3.08. The number of hydrogen-bond donors (Lipinski definition) is 2. The average molecular weight is 508 g/mol. The first kappa shape index (κ1) is 24.5. The number of benzene rings is 2. The molecule has 3 aromatic rings. The van der Waals surface area contributed by atoms with E-state index in [2.05, 4.69) is 20.0 Å². The van der Waals surface area contributed by atoms with Gasteiger partial charge in [0, 0.05) is 10.7 Å². The number of nitrogens with zero attached hydrogens (tertiary/aromatic N) is 1. The second kappa shape index (κ2) is 10.2. The molecule has 0 atom stereocenters. The molecule has 0 radical (unpaired) electrons. The van der Waals surface area contributed by atoms with Gasteiger partial charge in [-0.1, -0.05) is 29.4 Å². The van der Waals surface area contributed by atoms with Gasteiger partial charge in [-0.15, -0.1) is 0 Å². The Labute approximate surface area is 198 Å². The summed E-state index contributed by atoms with van der Waals surface area (Å²) in [6.07, 6.45) is 0.952. The zero-order chi connectivity index (χ0) is 24.2. The topological polar surface area (TPSA) is 135 Å². The fraction of sp³-hybridized carbons (Fsp3) is 0.143. The second-order valence-electron chi connectivity index (χ2n) is 6.70. The lowest BCUT2D eigenvalue weighted by Crippen LogP contribution is -2.20. The van der Waals surface area contributed by atoms with Gasteiger partial charge in [0.2, 0.25) is 15.7 Å². The van der Waals surface area contributed by atoms with Crippen LogP contribution in [-0.2, 0) is 19.4 Å². The van der Waals surface area contributed by atoms with Crippen molar-refractivity contribution in [3.05, 3.63) is 75.2 Å². The van der Waals surface area contributed by atoms with Crippen molar-refractivity contribution in [1.29, 1.82) is 0 Å². The molecule has 1 aromatic heterocycles. The molecule has 0 bridgehead atoms. The number of aryl methyl sites for hydroxylation is 1. The predicted molar refractivity (Wildman–Crippen MR) is 124 cm³/mol. The van der Waals surface area contributed by atoms with Gasteiger partial charge in [-0.05, 0) is 48.9 Å². The zero-order valence-electron chi connectivity index (χ0n) is 17.4. The van der Waals surface area contributed by atoms with Crippen molar-refractivity contribution in [3.8, 4) is 0 Å². The Morgan fingerprint density at radius 3 is 2.48 bits per heavy atom. The van der Waals surface area contributed by atoms with Crippen LogP contribution in [0.3, 0.4) is 0 Å². The number of hydrogen-bond acceptors (Lipinski definition) is 8. The van der Waals surface area contributed by atoms with Crippen LogP contribution in [0, 0.1) is 6.92 Å². The molecular formula is C21H18ClN3O6S2. The van der Waals surface area contributed by atoms with Gasteiger partial charge in [0.25, 0.3) is 5.56 Å². The van der Waals surface area contributed by atoms with Crippen LogP contribution in [0.15, 0.2) is 68.4 Å². The number of H-pyrrole nitrogens is 1. The molecule has 0 spiro atoms. The molecule has 2 N–H and O–H groups in total. The third-order valence-electron chi connectivity index (χ3n) is 4.42. The minimum atomic E-state index is -4.12. The van der Waals surface area contributed by atoms with Gasteiger partial charge >= 0.3 is 5.97 Å². The second-order valence-corrected chi connectivity index (χ2v) is 9.99. The Hall–Kier alpha value is -3.15. The van der Waals surface area contributed by atoms with Crippen molar-refractivity contribution >= 4 is 50.8 Å². The number of esters is 1. The Balaban J connectivity index is 1.66. The monoisotopic (exact) mass is 507 g/mol. The van der Waals surface area contributed by atoms with E-state index in [1.54, 1.807) is 25.1 Å². The standard InChI is InChI=1S/C21H18ClN3O6S2/c1-12-3-8-15(9-16(12)22)33(29,30)17-10-23-21(25-19(17)27)32-11-18(26)24-14-6-4-13(5-7-14)20(28)31-2/h3-10H,11H2,1-2H3,(H,24,26)(H,23,25,27). The molecule has 3 rings (SSSR count).